The van der Waals surface area contributed by atoms with E-state index in [1.165, 1.54) is 0 Å². The van der Waals surface area contributed by atoms with Gasteiger partial charge in [0.15, 0.2) is 0 Å². The summed E-state index contributed by atoms with van der Waals surface area (Å²) in [5, 5.41) is 9.97. The van der Waals surface area contributed by atoms with Crippen molar-refractivity contribution in [1.82, 2.24) is 4.90 Å². The van der Waals surface area contributed by atoms with Crippen molar-refractivity contribution in [3.05, 3.63) is 47.2 Å². The Bertz CT molecular complexity index is 697. The minimum absolute atomic E-state index is 0.00936. The number of nitrogens with zero attached hydrogens (tertiary/aromatic N) is 1. The van der Waals surface area contributed by atoms with E-state index in [2.05, 4.69) is 4.90 Å². The Morgan fingerprint density at radius 3 is 2.87 bits per heavy atom. The summed E-state index contributed by atoms with van der Waals surface area (Å²) >= 11 is 6.20. The smallest absolute Gasteiger partial charge is 0.308 e. The molecule has 5 heteroatoms. The number of likely N-dealkylation sites (tertiary alicyclic amines) is 1. The Morgan fingerprint density at radius 1 is 1.35 bits per heavy atom. The van der Waals surface area contributed by atoms with Crippen LogP contribution in [-0.4, -0.2) is 28.6 Å². The Hall–Kier alpha value is -1.78. The molecule has 0 radical (unpaired) electrons. The van der Waals surface area contributed by atoms with E-state index in [0.717, 1.165) is 36.5 Å². The number of carboxylic acids is 1. The first-order valence-electron chi connectivity index (χ1n) is 7.86. The van der Waals surface area contributed by atoms with Gasteiger partial charge in [-0.1, -0.05) is 23.7 Å². The standard InChI is InChI=1S/C18H20ClNO3/c1-12-14(18(21)22)6-4-10-20(12)11-13-8-9-17(23-13)15-5-2-3-7-16(15)19/h2-3,5,7-9,12,14H,4,6,10-11H2,1H3,(H,21,22)/t12-,14-/m1/s1. The van der Waals surface area contributed by atoms with Gasteiger partial charge in [-0.3, -0.25) is 9.69 Å². The van der Waals surface area contributed by atoms with E-state index in [9.17, 15) is 9.90 Å². The third-order valence-electron chi connectivity index (χ3n) is 4.60. The van der Waals surface area contributed by atoms with E-state index in [-0.39, 0.29) is 12.0 Å². The molecule has 1 aliphatic rings. The molecule has 1 aromatic carbocycles. The highest BCUT2D eigenvalue weighted by atomic mass is 35.5. The number of hydrogen-bond donors (Lipinski definition) is 1. The summed E-state index contributed by atoms with van der Waals surface area (Å²) in [6, 6.07) is 11.4. The monoisotopic (exact) mass is 333 g/mol. The number of rotatable bonds is 4. The second kappa shape index (κ2) is 6.77. The molecular formula is C18H20ClNO3. The van der Waals surface area contributed by atoms with E-state index in [1.807, 2.05) is 43.3 Å². The highest BCUT2D eigenvalue weighted by Gasteiger charge is 2.33. The summed E-state index contributed by atoms with van der Waals surface area (Å²) in [5.74, 6) is 0.558. The molecule has 1 aromatic heterocycles. The van der Waals surface area contributed by atoms with Crippen molar-refractivity contribution in [2.75, 3.05) is 6.54 Å². The van der Waals surface area contributed by atoms with Crippen LogP contribution in [0.15, 0.2) is 40.8 Å². The third-order valence-corrected chi connectivity index (χ3v) is 4.93. The van der Waals surface area contributed by atoms with Crippen LogP contribution < -0.4 is 0 Å². The number of piperidine rings is 1. The Morgan fingerprint density at radius 2 is 2.13 bits per heavy atom. The van der Waals surface area contributed by atoms with E-state index < -0.39 is 5.97 Å². The number of carboxylic acid groups (broad SMARTS) is 1. The largest absolute Gasteiger partial charge is 0.481 e. The van der Waals surface area contributed by atoms with Crippen LogP contribution >= 0.6 is 11.6 Å². The zero-order valence-corrected chi connectivity index (χ0v) is 13.8. The van der Waals surface area contributed by atoms with Crippen molar-refractivity contribution < 1.29 is 14.3 Å². The summed E-state index contributed by atoms with van der Waals surface area (Å²) in [6.45, 7) is 3.50. The van der Waals surface area contributed by atoms with Gasteiger partial charge in [0.2, 0.25) is 0 Å². The molecule has 3 rings (SSSR count). The lowest BCUT2D eigenvalue weighted by atomic mass is 9.90. The summed E-state index contributed by atoms with van der Waals surface area (Å²) in [7, 11) is 0. The lowest BCUT2D eigenvalue weighted by molar-refractivity contribution is -0.145. The number of halogens is 1. The van der Waals surface area contributed by atoms with Crippen LogP contribution in [0.3, 0.4) is 0 Å². The molecule has 0 saturated carbocycles. The van der Waals surface area contributed by atoms with Gasteiger partial charge < -0.3 is 9.52 Å². The van der Waals surface area contributed by atoms with Crippen molar-refractivity contribution >= 4 is 17.6 Å². The number of furan rings is 1. The van der Waals surface area contributed by atoms with Gasteiger partial charge in [0.05, 0.1) is 17.5 Å². The van der Waals surface area contributed by atoms with Gasteiger partial charge >= 0.3 is 5.97 Å². The zero-order valence-electron chi connectivity index (χ0n) is 13.0. The number of hydrogen-bond acceptors (Lipinski definition) is 3. The number of aliphatic carboxylic acids is 1. The van der Waals surface area contributed by atoms with Gasteiger partial charge in [-0.05, 0) is 50.6 Å². The average Bonchev–Trinajstić information content (AvgIpc) is 2.98. The zero-order chi connectivity index (χ0) is 16.4. The van der Waals surface area contributed by atoms with Crippen LogP contribution in [0.1, 0.15) is 25.5 Å². The van der Waals surface area contributed by atoms with Gasteiger partial charge in [0, 0.05) is 11.6 Å². The maximum Gasteiger partial charge on any atom is 0.308 e. The number of benzene rings is 1. The SMILES string of the molecule is C[C@@H]1[C@H](C(=O)O)CCCN1Cc1ccc(-c2ccccc2Cl)o1. The van der Waals surface area contributed by atoms with Crippen molar-refractivity contribution in [2.45, 2.75) is 32.4 Å². The second-order valence-electron chi connectivity index (χ2n) is 6.04. The molecule has 0 unspecified atom stereocenters. The Balaban J connectivity index is 1.74. The highest BCUT2D eigenvalue weighted by Crippen LogP contribution is 2.31. The quantitative estimate of drug-likeness (QED) is 0.907. The maximum absolute atomic E-state index is 11.3. The minimum atomic E-state index is -0.710. The van der Waals surface area contributed by atoms with E-state index >= 15 is 0 Å². The topological polar surface area (TPSA) is 53.7 Å². The molecule has 1 saturated heterocycles. The molecule has 1 N–H and O–H groups in total. The van der Waals surface area contributed by atoms with E-state index in [0.29, 0.717) is 11.6 Å². The Labute approximate surface area is 140 Å². The summed E-state index contributed by atoms with van der Waals surface area (Å²) in [6.07, 6.45) is 1.65. The maximum atomic E-state index is 11.3. The van der Waals surface area contributed by atoms with Gasteiger partial charge in [-0.2, -0.15) is 0 Å². The fraction of sp³-hybridized carbons (Fsp3) is 0.389. The molecule has 4 nitrogen and oxygen atoms in total. The lowest BCUT2D eigenvalue weighted by Crippen LogP contribution is -2.45. The molecule has 2 atom stereocenters. The van der Waals surface area contributed by atoms with Gasteiger partial charge in [0.25, 0.3) is 0 Å². The van der Waals surface area contributed by atoms with Crippen molar-refractivity contribution in [3.8, 4) is 11.3 Å². The molecular weight excluding hydrogens is 314 g/mol. The van der Waals surface area contributed by atoms with Crippen LogP contribution in [0.2, 0.25) is 5.02 Å². The fourth-order valence-corrected chi connectivity index (χ4v) is 3.46. The average molecular weight is 334 g/mol. The molecule has 1 fully saturated rings. The van der Waals surface area contributed by atoms with Crippen LogP contribution in [0, 0.1) is 5.92 Å². The predicted molar refractivity (Wildman–Crippen MR) is 89.4 cm³/mol. The van der Waals surface area contributed by atoms with Crippen LogP contribution in [0.5, 0.6) is 0 Å². The van der Waals surface area contributed by atoms with Crippen molar-refractivity contribution in [1.29, 1.82) is 0 Å². The molecule has 23 heavy (non-hydrogen) atoms. The fourth-order valence-electron chi connectivity index (χ4n) is 3.24. The molecule has 2 heterocycles. The molecule has 1 aliphatic heterocycles. The first-order chi connectivity index (χ1) is 11.1. The van der Waals surface area contributed by atoms with Crippen molar-refractivity contribution in [3.63, 3.8) is 0 Å². The predicted octanol–water partition coefficient (Wildman–Crippen LogP) is 4.29. The van der Waals surface area contributed by atoms with E-state index in [4.69, 9.17) is 16.0 Å². The molecule has 0 bridgehead atoms. The van der Waals surface area contributed by atoms with Gasteiger partial charge in [0.1, 0.15) is 11.5 Å². The molecule has 0 aliphatic carbocycles. The second-order valence-corrected chi connectivity index (χ2v) is 6.45. The molecule has 0 spiro atoms. The molecule has 0 amide bonds. The van der Waals surface area contributed by atoms with Crippen LogP contribution in [0.25, 0.3) is 11.3 Å². The molecule has 2 aromatic rings. The van der Waals surface area contributed by atoms with Gasteiger partial charge in [-0.25, -0.2) is 0 Å². The first-order valence-corrected chi connectivity index (χ1v) is 8.24. The highest BCUT2D eigenvalue weighted by molar-refractivity contribution is 6.33. The summed E-state index contributed by atoms with van der Waals surface area (Å²) < 4.78 is 5.92. The van der Waals surface area contributed by atoms with Crippen molar-refractivity contribution in [2.24, 2.45) is 5.92 Å². The summed E-state index contributed by atoms with van der Waals surface area (Å²) in [4.78, 5) is 13.5. The first kappa shape index (κ1) is 16.1. The van der Waals surface area contributed by atoms with E-state index in [1.54, 1.807) is 0 Å². The third kappa shape index (κ3) is 3.43. The molecule has 122 valence electrons. The number of carbonyl (C=O) groups is 1. The summed E-state index contributed by atoms with van der Waals surface area (Å²) in [5.41, 5.74) is 0.871. The van der Waals surface area contributed by atoms with Crippen LogP contribution in [0.4, 0.5) is 0 Å². The Kier molecular flexibility index (Phi) is 4.74. The normalized spacial score (nSPS) is 22.2. The van der Waals surface area contributed by atoms with Crippen LogP contribution in [-0.2, 0) is 11.3 Å². The minimum Gasteiger partial charge on any atom is -0.481 e. The lowest BCUT2D eigenvalue weighted by Gasteiger charge is -2.36. The van der Waals surface area contributed by atoms with Gasteiger partial charge in [-0.15, -0.1) is 0 Å².